The Labute approximate surface area is 101 Å². The van der Waals surface area contributed by atoms with Crippen LogP contribution in [0.2, 0.25) is 0 Å². The summed E-state index contributed by atoms with van der Waals surface area (Å²) in [5.74, 6) is 0. The molecule has 3 nitrogen and oxygen atoms in total. The highest BCUT2D eigenvalue weighted by molar-refractivity contribution is 5.88. The number of aromatic nitrogens is 2. The van der Waals surface area contributed by atoms with Gasteiger partial charge in [0.05, 0.1) is 6.20 Å². The van der Waals surface area contributed by atoms with Crippen LogP contribution in [0.5, 0.6) is 0 Å². The van der Waals surface area contributed by atoms with Gasteiger partial charge in [-0.05, 0) is 26.3 Å². The molecule has 1 aromatic carbocycles. The number of rotatable bonds is 3. The van der Waals surface area contributed by atoms with E-state index in [0.29, 0.717) is 5.56 Å². The first-order valence-corrected chi connectivity index (χ1v) is 5.76. The van der Waals surface area contributed by atoms with Gasteiger partial charge in [-0.1, -0.05) is 23.8 Å². The van der Waals surface area contributed by atoms with Crippen molar-refractivity contribution in [2.45, 2.75) is 27.3 Å². The molecule has 0 N–H and O–H groups in total. The van der Waals surface area contributed by atoms with Crippen LogP contribution in [0.4, 0.5) is 0 Å². The number of aryl methyl sites for hydroxylation is 2. The van der Waals surface area contributed by atoms with E-state index in [4.69, 9.17) is 0 Å². The third kappa shape index (κ3) is 2.00. The molecule has 0 saturated heterocycles. The molecule has 0 saturated carbocycles. The first kappa shape index (κ1) is 11.6. The fraction of sp³-hybridized carbons (Fsp3) is 0.286. The molecule has 17 heavy (non-hydrogen) atoms. The Morgan fingerprint density at radius 3 is 2.65 bits per heavy atom. The quantitative estimate of drug-likeness (QED) is 0.757. The van der Waals surface area contributed by atoms with Crippen LogP contribution < -0.4 is 0 Å². The molecule has 0 atom stereocenters. The lowest BCUT2D eigenvalue weighted by atomic mass is 9.99. The Morgan fingerprint density at radius 1 is 1.29 bits per heavy atom. The zero-order valence-corrected chi connectivity index (χ0v) is 10.4. The van der Waals surface area contributed by atoms with Gasteiger partial charge in [0.15, 0.2) is 6.29 Å². The molecule has 2 aromatic rings. The Bertz CT molecular complexity index is 555. The van der Waals surface area contributed by atoms with E-state index in [1.807, 2.05) is 42.9 Å². The summed E-state index contributed by atoms with van der Waals surface area (Å²) in [5, 5.41) is 4.32. The minimum atomic E-state index is 0.717. The van der Waals surface area contributed by atoms with Crippen LogP contribution in [0.25, 0.3) is 11.1 Å². The van der Waals surface area contributed by atoms with Crippen LogP contribution in [-0.2, 0) is 6.54 Å². The summed E-state index contributed by atoms with van der Waals surface area (Å²) in [6.07, 6.45) is 2.73. The molecule has 2 rings (SSSR count). The summed E-state index contributed by atoms with van der Waals surface area (Å²) in [4.78, 5) is 11.1. The van der Waals surface area contributed by atoms with E-state index in [2.05, 4.69) is 12.0 Å². The van der Waals surface area contributed by atoms with Crippen LogP contribution in [0.1, 0.15) is 28.5 Å². The summed E-state index contributed by atoms with van der Waals surface area (Å²) in [7, 11) is 0. The van der Waals surface area contributed by atoms with Crippen molar-refractivity contribution in [2.24, 2.45) is 0 Å². The van der Waals surface area contributed by atoms with E-state index in [1.54, 1.807) is 0 Å². The number of benzene rings is 1. The number of nitrogens with zero attached hydrogens (tertiary/aromatic N) is 2. The van der Waals surface area contributed by atoms with Crippen molar-refractivity contribution in [2.75, 3.05) is 0 Å². The van der Waals surface area contributed by atoms with Crippen molar-refractivity contribution >= 4 is 6.29 Å². The molecule has 0 bridgehead atoms. The van der Waals surface area contributed by atoms with Gasteiger partial charge in [0.2, 0.25) is 0 Å². The van der Waals surface area contributed by atoms with Crippen LogP contribution in [0.15, 0.2) is 24.4 Å². The molecular formula is C14H16N2O. The van der Waals surface area contributed by atoms with Crippen molar-refractivity contribution in [3.8, 4) is 11.1 Å². The molecule has 3 heteroatoms. The topological polar surface area (TPSA) is 34.9 Å². The summed E-state index contributed by atoms with van der Waals surface area (Å²) in [5.41, 5.74) is 4.97. The Balaban J connectivity index is 2.62. The maximum atomic E-state index is 11.1. The lowest BCUT2D eigenvalue weighted by Crippen LogP contribution is -1.99. The molecule has 0 aliphatic heterocycles. The second-order valence-corrected chi connectivity index (χ2v) is 4.17. The highest BCUT2D eigenvalue weighted by Crippen LogP contribution is 2.26. The maximum absolute atomic E-state index is 11.1. The first-order chi connectivity index (χ1) is 8.17. The number of hydrogen-bond donors (Lipinski definition) is 0. The third-order valence-electron chi connectivity index (χ3n) is 3.03. The standard InChI is InChI=1S/C14H16N2O/c1-4-16-11(3)14(8-15-16)13-7-10(2)5-6-12(13)9-17/h5-9H,4H2,1-3H3. The third-order valence-corrected chi connectivity index (χ3v) is 3.03. The number of aldehydes is 1. The van der Waals surface area contributed by atoms with Gasteiger partial charge in [-0.15, -0.1) is 0 Å². The van der Waals surface area contributed by atoms with Gasteiger partial charge >= 0.3 is 0 Å². The molecule has 0 spiro atoms. The molecule has 0 fully saturated rings. The normalized spacial score (nSPS) is 10.5. The summed E-state index contributed by atoms with van der Waals surface area (Å²) in [6.45, 7) is 6.95. The Morgan fingerprint density at radius 2 is 2.06 bits per heavy atom. The summed E-state index contributed by atoms with van der Waals surface area (Å²) in [6, 6.07) is 5.85. The summed E-state index contributed by atoms with van der Waals surface area (Å²) >= 11 is 0. The van der Waals surface area contributed by atoms with Gasteiger partial charge in [-0.2, -0.15) is 5.10 Å². The largest absolute Gasteiger partial charge is 0.298 e. The van der Waals surface area contributed by atoms with Crippen LogP contribution >= 0.6 is 0 Å². The zero-order chi connectivity index (χ0) is 12.4. The monoisotopic (exact) mass is 228 g/mol. The highest BCUT2D eigenvalue weighted by Gasteiger charge is 2.11. The van der Waals surface area contributed by atoms with Crippen molar-refractivity contribution in [3.05, 3.63) is 41.2 Å². The fourth-order valence-corrected chi connectivity index (χ4v) is 2.04. The molecular weight excluding hydrogens is 212 g/mol. The van der Waals surface area contributed by atoms with Gasteiger partial charge in [0.1, 0.15) is 0 Å². The van der Waals surface area contributed by atoms with Gasteiger partial charge in [-0.25, -0.2) is 0 Å². The predicted octanol–water partition coefficient (Wildman–Crippen LogP) is 3.00. The van der Waals surface area contributed by atoms with Gasteiger partial charge in [0.25, 0.3) is 0 Å². The second-order valence-electron chi connectivity index (χ2n) is 4.17. The van der Waals surface area contributed by atoms with Crippen LogP contribution in [-0.4, -0.2) is 16.1 Å². The molecule has 0 radical (unpaired) electrons. The molecule has 0 unspecified atom stereocenters. The smallest absolute Gasteiger partial charge is 0.150 e. The molecule has 0 amide bonds. The number of carbonyl (C=O) groups is 1. The zero-order valence-electron chi connectivity index (χ0n) is 10.4. The number of hydrogen-bond acceptors (Lipinski definition) is 2. The van der Waals surface area contributed by atoms with E-state index in [-0.39, 0.29) is 0 Å². The van der Waals surface area contributed by atoms with E-state index < -0.39 is 0 Å². The van der Waals surface area contributed by atoms with Crippen molar-refractivity contribution in [1.82, 2.24) is 9.78 Å². The van der Waals surface area contributed by atoms with Crippen LogP contribution in [0, 0.1) is 13.8 Å². The van der Waals surface area contributed by atoms with Gasteiger partial charge < -0.3 is 0 Å². The van der Waals surface area contributed by atoms with Crippen molar-refractivity contribution < 1.29 is 4.79 Å². The molecule has 1 aromatic heterocycles. The maximum Gasteiger partial charge on any atom is 0.150 e. The first-order valence-electron chi connectivity index (χ1n) is 5.76. The molecule has 1 heterocycles. The summed E-state index contributed by atoms with van der Waals surface area (Å²) < 4.78 is 1.94. The van der Waals surface area contributed by atoms with E-state index in [9.17, 15) is 4.79 Å². The van der Waals surface area contributed by atoms with E-state index in [1.165, 1.54) is 0 Å². The second kappa shape index (κ2) is 4.53. The highest BCUT2D eigenvalue weighted by atomic mass is 16.1. The minimum absolute atomic E-state index is 0.717. The molecule has 88 valence electrons. The Kier molecular flexibility index (Phi) is 3.09. The average molecular weight is 228 g/mol. The average Bonchev–Trinajstić information content (AvgIpc) is 2.70. The van der Waals surface area contributed by atoms with E-state index >= 15 is 0 Å². The minimum Gasteiger partial charge on any atom is -0.298 e. The molecule has 0 aliphatic carbocycles. The van der Waals surface area contributed by atoms with Crippen molar-refractivity contribution in [1.29, 1.82) is 0 Å². The Hall–Kier alpha value is -1.90. The van der Waals surface area contributed by atoms with Crippen LogP contribution in [0.3, 0.4) is 0 Å². The SMILES string of the molecule is CCn1ncc(-c2cc(C)ccc2C=O)c1C. The van der Waals surface area contributed by atoms with Gasteiger partial charge in [-0.3, -0.25) is 9.48 Å². The lowest BCUT2D eigenvalue weighted by molar-refractivity contribution is 0.112. The fourth-order valence-electron chi connectivity index (χ4n) is 2.04. The van der Waals surface area contributed by atoms with Crippen molar-refractivity contribution in [3.63, 3.8) is 0 Å². The number of carbonyl (C=O) groups excluding carboxylic acids is 1. The lowest BCUT2D eigenvalue weighted by Gasteiger charge is -2.06. The predicted molar refractivity (Wildman–Crippen MR) is 68.2 cm³/mol. The van der Waals surface area contributed by atoms with E-state index in [0.717, 1.165) is 35.2 Å². The molecule has 0 aliphatic rings. The van der Waals surface area contributed by atoms with Gasteiger partial charge in [0, 0.05) is 23.4 Å².